The van der Waals surface area contributed by atoms with Crippen LogP contribution >= 0.6 is 0 Å². The molecule has 24 heavy (non-hydrogen) atoms. The van der Waals surface area contributed by atoms with Gasteiger partial charge in [0.25, 0.3) is 5.56 Å². The van der Waals surface area contributed by atoms with Crippen LogP contribution in [0.3, 0.4) is 0 Å². The number of hydrogen-bond acceptors (Lipinski definition) is 6. The van der Waals surface area contributed by atoms with Crippen LogP contribution in [-0.4, -0.2) is 48.8 Å². The molecule has 0 radical (unpaired) electrons. The van der Waals surface area contributed by atoms with E-state index < -0.39 is 0 Å². The van der Waals surface area contributed by atoms with Gasteiger partial charge in [0.05, 0.1) is 31.6 Å². The highest BCUT2D eigenvalue weighted by Crippen LogP contribution is 2.31. The van der Waals surface area contributed by atoms with Crippen molar-refractivity contribution in [3.8, 4) is 11.5 Å². The van der Waals surface area contributed by atoms with E-state index in [1.54, 1.807) is 12.3 Å². The molecule has 7 nitrogen and oxygen atoms in total. The largest absolute Gasteiger partial charge is 0.486 e. The minimum atomic E-state index is -0.237. The Morgan fingerprint density at radius 1 is 1.17 bits per heavy atom. The molecule has 7 heteroatoms. The van der Waals surface area contributed by atoms with E-state index in [2.05, 4.69) is 10.00 Å². The molecular weight excluding hydrogens is 310 g/mol. The highest BCUT2D eigenvalue weighted by atomic mass is 16.6. The molecule has 0 N–H and O–H groups in total. The number of hydrogen-bond donors (Lipinski definition) is 0. The Balaban J connectivity index is 1.46. The summed E-state index contributed by atoms with van der Waals surface area (Å²) in [4.78, 5) is 14.5. The van der Waals surface area contributed by atoms with Gasteiger partial charge in [0, 0.05) is 19.2 Å². The summed E-state index contributed by atoms with van der Waals surface area (Å²) in [7, 11) is 0. The Bertz CT molecular complexity index is 770. The number of anilines is 1. The molecule has 126 valence electrons. The van der Waals surface area contributed by atoms with E-state index in [9.17, 15) is 4.79 Å². The Morgan fingerprint density at radius 2 is 1.96 bits per heavy atom. The first kappa shape index (κ1) is 15.0. The van der Waals surface area contributed by atoms with E-state index in [-0.39, 0.29) is 11.7 Å². The molecule has 2 aliphatic rings. The fraction of sp³-hybridized carbons (Fsp3) is 0.412. The second kappa shape index (κ2) is 6.52. The number of rotatable bonds is 3. The van der Waals surface area contributed by atoms with Gasteiger partial charge in [-0.15, -0.1) is 0 Å². The molecule has 1 aromatic carbocycles. The highest BCUT2D eigenvalue weighted by molar-refractivity contribution is 5.43. The molecule has 0 saturated carbocycles. The minimum Gasteiger partial charge on any atom is -0.486 e. The zero-order chi connectivity index (χ0) is 16.4. The number of aromatic nitrogens is 2. The Kier molecular flexibility index (Phi) is 4.08. The van der Waals surface area contributed by atoms with Gasteiger partial charge in [-0.25, -0.2) is 4.68 Å². The number of morpholine rings is 1. The Hall–Kier alpha value is -2.54. The molecule has 1 fully saturated rings. The number of benzene rings is 1. The van der Waals surface area contributed by atoms with Gasteiger partial charge >= 0.3 is 0 Å². The molecule has 2 aliphatic heterocycles. The summed E-state index contributed by atoms with van der Waals surface area (Å²) in [6.07, 6.45) is 1.49. The van der Waals surface area contributed by atoms with Crippen LogP contribution in [0.25, 0.3) is 0 Å². The number of ether oxygens (including phenoxy) is 3. The third-order valence-corrected chi connectivity index (χ3v) is 4.18. The van der Waals surface area contributed by atoms with Crippen LogP contribution in [0.15, 0.2) is 41.3 Å². The summed E-state index contributed by atoms with van der Waals surface area (Å²) >= 11 is 0. The van der Waals surface area contributed by atoms with Crippen LogP contribution in [0.5, 0.6) is 11.5 Å². The third kappa shape index (κ3) is 3.07. The van der Waals surface area contributed by atoms with Gasteiger partial charge in [0.1, 0.15) is 6.61 Å². The topological polar surface area (TPSA) is 65.8 Å². The normalized spacial score (nSPS) is 20.0. The zero-order valence-corrected chi connectivity index (χ0v) is 13.3. The Labute approximate surface area is 139 Å². The zero-order valence-electron chi connectivity index (χ0n) is 13.3. The van der Waals surface area contributed by atoms with Crippen molar-refractivity contribution >= 4 is 5.69 Å². The molecule has 1 unspecified atom stereocenters. The first-order chi connectivity index (χ1) is 11.8. The fourth-order valence-corrected chi connectivity index (χ4v) is 2.90. The predicted octanol–water partition coefficient (Wildman–Crippen LogP) is 0.920. The number of fused-ring (bicyclic) bond motifs is 1. The van der Waals surface area contributed by atoms with E-state index in [4.69, 9.17) is 14.2 Å². The molecule has 2 aromatic rings. The van der Waals surface area contributed by atoms with E-state index >= 15 is 0 Å². The van der Waals surface area contributed by atoms with Gasteiger partial charge in [0.2, 0.25) is 0 Å². The van der Waals surface area contributed by atoms with Crippen molar-refractivity contribution in [1.82, 2.24) is 9.78 Å². The molecule has 0 spiro atoms. The lowest BCUT2D eigenvalue weighted by Crippen LogP contribution is -2.39. The summed E-state index contributed by atoms with van der Waals surface area (Å²) in [5, 5.41) is 4.29. The maximum absolute atomic E-state index is 12.3. The van der Waals surface area contributed by atoms with Crippen molar-refractivity contribution in [3.05, 3.63) is 46.9 Å². The van der Waals surface area contributed by atoms with Crippen molar-refractivity contribution in [2.24, 2.45) is 0 Å². The molecule has 3 heterocycles. The van der Waals surface area contributed by atoms with E-state index in [0.29, 0.717) is 32.1 Å². The van der Waals surface area contributed by atoms with E-state index in [1.807, 2.05) is 24.3 Å². The predicted molar refractivity (Wildman–Crippen MR) is 87.9 cm³/mol. The molecule has 1 saturated heterocycles. The molecular formula is C17H19N3O4. The first-order valence-corrected chi connectivity index (χ1v) is 8.08. The lowest BCUT2D eigenvalue weighted by Gasteiger charge is -2.29. The van der Waals surface area contributed by atoms with Crippen molar-refractivity contribution in [3.63, 3.8) is 0 Å². The summed E-state index contributed by atoms with van der Waals surface area (Å²) in [5.41, 5.74) is 0.701. The molecule has 0 bridgehead atoms. The summed E-state index contributed by atoms with van der Waals surface area (Å²) in [6.45, 7) is 3.67. The second-order valence-electron chi connectivity index (χ2n) is 5.83. The maximum Gasteiger partial charge on any atom is 0.268 e. The first-order valence-electron chi connectivity index (χ1n) is 8.08. The van der Waals surface area contributed by atoms with Crippen LogP contribution in [-0.2, 0) is 11.3 Å². The monoisotopic (exact) mass is 329 g/mol. The smallest absolute Gasteiger partial charge is 0.268 e. The van der Waals surface area contributed by atoms with Crippen LogP contribution in [0.2, 0.25) is 0 Å². The minimum absolute atomic E-state index is 0.138. The Morgan fingerprint density at radius 3 is 2.75 bits per heavy atom. The molecule has 0 amide bonds. The van der Waals surface area contributed by atoms with Crippen molar-refractivity contribution < 1.29 is 14.2 Å². The number of para-hydroxylation sites is 2. The van der Waals surface area contributed by atoms with Gasteiger partial charge in [-0.1, -0.05) is 12.1 Å². The van der Waals surface area contributed by atoms with Crippen molar-refractivity contribution in [2.75, 3.05) is 37.8 Å². The van der Waals surface area contributed by atoms with Crippen LogP contribution in [0, 0.1) is 0 Å². The van der Waals surface area contributed by atoms with Crippen molar-refractivity contribution in [2.45, 2.75) is 12.6 Å². The SMILES string of the molecule is O=c1cc(N2CCOCC2)cnn1CC1COc2ccccc2O1. The fourth-order valence-electron chi connectivity index (χ4n) is 2.90. The average molecular weight is 329 g/mol. The average Bonchev–Trinajstić information content (AvgIpc) is 2.64. The van der Waals surface area contributed by atoms with Crippen LogP contribution in [0.1, 0.15) is 0 Å². The van der Waals surface area contributed by atoms with Crippen LogP contribution in [0.4, 0.5) is 5.69 Å². The standard InChI is InChI=1S/C17H19N3O4/c21-17-9-13(19-5-7-22-8-6-19)10-18-20(17)11-14-12-23-15-3-1-2-4-16(15)24-14/h1-4,9-10,14H,5-8,11-12H2. The summed E-state index contributed by atoms with van der Waals surface area (Å²) in [6, 6.07) is 9.15. The van der Waals surface area contributed by atoms with E-state index in [0.717, 1.165) is 24.5 Å². The van der Waals surface area contributed by atoms with Crippen LogP contribution < -0.4 is 19.9 Å². The van der Waals surface area contributed by atoms with Gasteiger partial charge in [-0.3, -0.25) is 4.79 Å². The van der Waals surface area contributed by atoms with Gasteiger partial charge in [-0.05, 0) is 12.1 Å². The van der Waals surface area contributed by atoms with Gasteiger partial charge in [-0.2, -0.15) is 5.10 Å². The third-order valence-electron chi connectivity index (χ3n) is 4.18. The molecule has 0 aliphatic carbocycles. The van der Waals surface area contributed by atoms with Gasteiger partial charge < -0.3 is 19.1 Å². The van der Waals surface area contributed by atoms with Gasteiger partial charge in [0.15, 0.2) is 17.6 Å². The summed E-state index contributed by atoms with van der Waals surface area (Å²) in [5.74, 6) is 1.43. The molecule has 1 aromatic heterocycles. The second-order valence-corrected chi connectivity index (χ2v) is 5.83. The lowest BCUT2D eigenvalue weighted by atomic mass is 10.2. The lowest BCUT2D eigenvalue weighted by molar-refractivity contribution is 0.0747. The maximum atomic E-state index is 12.3. The summed E-state index contributed by atoms with van der Waals surface area (Å²) < 4.78 is 18.3. The van der Waals surface area contributed by atoms with E-state index in [1.165, 1.54) is 4.68 Å². The molecule has 4 rings (SSSR count). The quantitative estimate of drug-likeness (QED) is 0.834. The number of nitrogens with zero attached hydrogens (tertiary/aromatic N) is 3. The highest BCUT2D eigenvalue weighted by Gasteiger charge is 2.22. The van der Waals surface area contributed by atoms with Crippen molar-refractivity contribution in [1.29, 1.82) is 0 Å². The molecule has 1 atom stereocenters.